The number of halogens is 2. The summed E-state index contributed by atoms with van der Waals surface area (Å²) in [6.45, 7) is 0. The summed E-state index contributed by atoms with van der Waals surface area (Å²) in [6.07, 6.45) is 0. The maximum atomic E-state index is 11.5. The van der Waals surface area contributed by atoms with E-state index < -0.39 is 5.97 Å². The normalized spacial score (nSPS) is 10.7. The molecule has 22 heavy (non-hydrogen) atoms. The predicted octanol–water partition coefficient (Wildman–Crippen LogP) is 5.32. The van der Waals surface area contributed by atoms with Gasteiger partial charge in [0.2, 0.25) is 0 Å². The molecule has 1 heterocycles. The third kappa shape index (κ3) is 2.75. The van der Waals surface area contributed by atoms with Gasteiger partial charge in [-0.3, -0.25) is 0 Å². The Balaban J connectivity index is 1.95. The summed E-state index contributed by atoms with van der Waals surface area (Å²) >= 11 is 11.9. The van der Waals surface area contributed by atoms with Crippen LogP contribution in [0, 0.1) is 0 Å². The summed E-state index contributed by atoms with van der Waals surface area (Å²) in [7, 11) is 1.30. The number of para-hydroxylation sites is 1. The Hall–Kier alpha value is -2.17. The van der Waals surface area contributed by atoms with Gasteiger partial charge in [-0.2, -0.15) is 0 Å². The van der Waals surface area contributed by atoms with E-state index in [1.807, 2.05) is 12.1 Å². The van der Waals surface area contributed by atoms with Crippen LogP contribution in [0.1, 0.15) is 10.4 Å². The van der Waals surface area contributed by atoms with Crippen molar-refractivity contribution >= 4 is 40.1 Å². The van der Waals surface area contributed by atoms with Crippen molar-refractivity contribution in [3.8, 4) is 11.5 Å². The smallest absolute Gasteiger partial charge is 0.339 e. The molecule has 0 saturated carbocycles. The Kier molecular flexibility index (Phi) is 3.96. The van der Waals surface area contributed by atoms with Crippen LogP contribution in [0.15, 0.2) is 46.9 Å². The Morgan fingerprint density at radius 1 is 1.14 bits per heavy atom. The summed E-state index contributed by atoms with van der Waals surface area (Å²) in [5.74, 6) is 0.473. The molecule has 6 heteroatoms. The quantitative estimate of drug-likeness (QED) is 0.607. The van der Waals surface area contributed by atoms with E-state index in [-0.39, 0.29) is 15.8 Å². The Bertz CT molecular complexity index is 854. The topological polar surface area (TPSA) is 48.7 Å². The van der Waals surface area contributed by atoms with Crippen LogP contribution < -0.4 is 4.74 Å². The van der Waals surface area contributed by atoms with Crippen LogP contribution in [0.2, 0.25) is 10.2 Å². The molecule has 0 N–H and O–H groups in total. The van der Waals surface area contributed by atoms with Crippen molar-refractivity contribution in [2.24, 2.45) is 0 Å². The minimum Gasteiger partial charge on any atom is -0.465 e. The van der Waals surface area contributed by atoms with Gasteiger partial charge in [0.15, 0.2) is 16.6 Å². The van der Waals surface area contributed by atoms with Gasteiger partial charge in [-0.05, 0) is 29.8 Å². The van der Waals surface area contributed by atoms with Crippen LogP contribution in [0.4, 0.5) is 0 Å². The highest BCUT2D eigenvalue weighted by molar-refractivity contribution is 6.33. The fourth-order valence-electron chi connectivity index (χ4n) is 2.05. The molecule has 0 saturated heterocycles. The minimum atomic E-state index is -0.503. The van der Waals surface area contributed by atoms with E-state index in [9.17, 15) is 4.79 Å². The average molecular weight is 337 g/mol. The van der Waals surface area contributed by atoms with E-state index in [1.165, 1.54) is 13.2 Å². The monoisotopic (exact) mass is 336 g/mol. The molecule has 2 aromatic carbocycles. The number of ether oxygens (including phenoxy) is 2. The fourth-order valence-corrected chi connectivity index (χ4v) is 2.49. The van der Waals surface area contributed by atoms with Crippen molar-refractivity contribution in [2.45, 2.75) is 0 Å². The summed E-state index contributed by atoms with van der Waals surface area (Å²) in [4.78, 5) is 11.5. The first kappa shape index (κ1) is 14.8. The van der Waals surface area contributed by atoms with Crippen LogP contribution in [0.5, 0.6) is 11.5 Å². The molecule has 3 rings (SSSR count). The van der Waals surface area contributed by atoms with E-state index >= 15 is 0 Å². The molecule has 0 radical (unpaired) electrons. The van der Waals surface area contributed by atoms with Crippen LogP contribution >= 0.6 is 23.2 Å². The Morgan fingerprint density at radius 3 is 2.68 bits per heavy atom. The van der Waals surface area contributed by atoms with Crippen LogP contribution in [-0.2, 0) is 4.74 Å². The summed E-state index contributed by atoms with van der Waals surface area (Å²) in [5.41, 5.74) is 0.816. The molecule has 0 unspecified atom stereocenters. The number of carbonyl (C=O) groups is 1. The number of methoxy groups -OCH3 is 1. The molecule has 3 aromatic rings. The number of hydrogen-bond donors (Lipinski definition) is 0. The van der Waals surface area contributed by atoms with Crippen LogP contribution in [-0.4, -0.2) is 13.1 Å². The lowest BCUT2D eigenvalue weighted by Crippen LogP contribution is -2.01. The van der Waals surface area contributed by atoms with Crippen molar-refractivity contribution in [3.05, 3.63) is 58.3 Å². The molecule has 0 aliphatic rings. The molecule has 0 bridgehead atoms. The first-order chi connectivity index (χ1) is 10.6. The summed E-state index contributed by atoms with van der Waals surface area (Å²) in [5, 5.41) is 1.36. The lowest BCUT2D eigenvalue weighted by Gasteiger charge is -2.08. The van der Waals surface area contributed by atoms with E-state index in [0.717, 1.165) is 5.39 Å². The molecule has 4 nitrogen and oxygen atoms in total. The second kappa shape index (κ2) is 5.91. The molecule has 0 spiro atoms. The molecule has 112 valence electrons. The second-order valence-electron chi connectivity index (χ2n) is 4.46. The highest BCUT2D eigenvalue weighted by Gasteiger charge is 2.13. The van der Waals surface area contributed by atoms with Gasteiger partial charge in [-0.1, -0.05) is 23.7 Å². The number of fused-ring (bicyclic) bond motifs is 1. The van der Waals surface area contributed by atoms with Crippen molar-refractivity contribution < 1.29 is 18.7 Å². The highest BCUT2D eigenvalue weighted by Crippen LogP contribution is 2.34. The molecule has 0 aliphatic heterocycles. The van der Waals surface area contributed by atoms with Crippen molar-refractivity contribution in [2.75, 3.05) is 7.11 Å². The van der Waals surface area contributed by atoms with Crippen molar-refractivity contribution in [1.29, 1.82) is 0 Å². The molecule has 0 fully saturated rings. The predicted molar refractivity (Wildman–Crippen MR) is 84.1 cm³/mol. The second-order valence-corrected chi connectivity index (χ2v) is 5.24. The summed E-state index contributed by atoms with van der Waals surface area (Å²) in [6, 6.07) is 11.9. The van der Waals surface area contributed by atoms with E-state index in [0.29, 0.717) is 17.1 Å². The van der Waals surface area contributed by atoms with Crippen LogP contribution in [0.3, 0.4) is 0 Å². The number of esters is 1. The van der Waals surface area contributed by atoms with E-state index in [2.05, 4.69) is 4.74 Å². The minimum absolute atomic E-state index is 0.244. The lowest BCUT2D eigenvalue weighted by atomic mass is 10.2. The molecular weight excluding hydrogens is 327 g/mol. The van der Waals surface area contributed by atoms with Gasteiger partial charge in [0.05, 0.1) is 17.7 Å². The third-order valence-electron chi connectivity index (χ3n) is 3.05. The Labute approximate surface area is 136 Å². The standard InChI is InChI=1S/C16H10Cl2O4/c1-20-16(19)11-6-5-10(8-12(11)17)21-13-4-2-3-9-7-14(18)22-15(9)13/h2-8H,1H3. The van der Waals surface area contributed by atoms with E-state index in [4.69, 9.17) is 32.4 Å². The zero-order valence-corrected chi connectivity index (χ0v) is 12.9. The number of hydrogen-bond acceptors (Lipinski definition) is 4. The Morgan fingerprint density at radius 2 is 1.95 bits per heavy atom. The van der Waals surface area contributed by atoms with Crippen molar-refractivity contribution in [3.63, 3.8) is 0 Å². The van der Waals surface area contributed by atoms with Gasteiger partial charge in [0, 0.05) is 17.5 Å². The maximum absolute atomic E-state index is 11.5. The van der Waals surface area contributed by atoms with Crippen LogP contribution in [0.25, 0.3) is 11.0 Å². The SMILES string of the molecule is COC(=O)c1ccc(Oc2cccc3cc(Cl)oc23)cc1Cl. The fraction of sp³-hybridized carbons (Fsp3) is 0.0625. The van der Waals surface area contributed by atoms with Gasteiger partial charge >= 0.3 is 5.97 Å². The first-order valence-corrected chi connectivity index (χ1v) is 7.08. The zero-order chi connectivity index (χ0) is 15.7. The van der Waals surface area contributed by atoms with Gasteiger partial charge in [0.1, 0.15) is 5.75 Å². The van der Waals surface area contributed by atoms with Gasteiger partial charge in [0.25, 0.3) is 0 Å². The zero-order valence-electron chi connectivity index (χ0n) is 11.4. The highest BCUT2D eigenvalue weighted by atomic mass is 35.5. The van der Waals surface area contributed by atoms with Gasteiger partial charge in [-0.15, -0.1) is 0 Å². The molecule has 0 atom stereocenters. The first-order valence-electron chi connectivity index (χ1n) is 6.32. The average Bonchev–Trinajstić information content (AvgIpc) is 2.88. The lowest BCUT2D eigenvalue weighted by molar-refractivity contribution is 0.0601. The molecular formula is C16H10Cl2O4. The number of furan rings is 1. The molecule has 0 aliphatic carbocycles. The molecule has 1 aromatic heterocycles. The largest absolute Gasteiger partial charge is 0.465 e. The number of carbonyl (C=O) groups excluding carboxylic acids is 1. The number of rotatable bonds is 3. The number of benzene rings is 2. The maximum Gasteiger partial charge on any atom is 0.339 e. The van der Waals surface area contributed by atoms with Crippen molar-refractivity contribution in [1.82, 2.24) is 0 Å². The third-order valence-corrected chi connectivity index (χ3v) is 3.55. The van der Waals surface area contributed by atoms with Gasteiger partial charge in [-0.25, -0.2) is 4.79 Å². The van der Waals surface area contributed by atoms with E-state index in [1.54, 1.807) is 24.3 Å². The summed E-state index contributed by atoms with van der Waals surface area (Å²) < 4.78 is 15.8. The molecule has 0 amide bonds. The van der Waals surface area contributed by atoms with Gasteiger partial charge < -0.3 is 13.9 Å².